The molecule has 4 N–H and O–H groups in total. The average molecular weight is 242 g/mol. The predicted octanol–water partition coefficient (Wildman–Crippen LogP) is 2.47. The van der Waals surface area contributed by atoms with Gasteiger partial charge in [0.05, 0.1) is 11.3 Å². The minimum absolute atomic E-state index is 0.333. The van der Waals surface area contributed by atoms with Gasteiger partial charge in [-0.2, -0.15) is 0 Å². The molecule has 0 atom stereocenters. The minimum atomic E-state index is -0.530. The number of benzene rings is 2. The van der Waals surface area contributed by atoms with Crippen LogP contribution in [-0.2, 0) is 0 Å². The molecular formula is C14H14N2O2. The van der Waals surface area contributed by atoms with Crippen LogP contribution in [0.1, 0.15) is 15.9 Å². The first kappa shape index (κ1) is 12.0. The number of aryl methyl sites for hydroxylation is 1. The van der Waals surface area contributed by atoms with Gasteiger partial charge in [0.1, 0.15) is 5.75 Å². The fourth-order valence-electron chi connectivity index (χ4n) is 1.68. The van der Waals surface area contributed by atoms with Crippen molar-refractivity contribution in [2.45, 2.75) is 6.92 Å². The molecule has 92 valence electrons. The van der Waals surface area contributed by atoms with Crippen LogP contribution in [0.4, 0.5) is 5.69 Å². The van der Waals surface area contributed by atoms with Gasteiger partial charge < -0.3 is 16.2 Å². The van der Waals surface area contributed by atoms with Gasteiger partial charge in [-0.3, -0.25) is 4.79 Å². The van der Waals surface area contributed by atoms with Crippen LogP contribution in [0, 0.1) is 6.92 Å². The van der Waals surface area contributed by atoms with Gasteiger partial charge in [0.2, 0.25) is 0 Å². The summed E-state index contributed by atoms with van der Waals surface area (Å²) in [6.45, 7) is 1.89. The van der Waals surface area contributed by atoms with E-state index in [4.69, 9.17) is 16.2 Å². The lowest BCUT2D eigenvalue weighted by Gasteiger charge is -2.13. The molecule has 2 aromatic carbocycles. The van der Waals surface area contributed by atoms with E-state index in [2.05, 4.69) is 0 Å². The monoisotopic (exact) mass is 242 g/mol. The Kier molecular flexibility index (Phi) is 3.19. The first-order valence-corrected chi connectivity index (χ1v) is 5.51. The molecule has 0 saturated carbocycles. The van der Waals surface area contributed by atoms with Gasteiger partial charge in [-0.1, -0.05) is 24.3 Å². The molecule has 0 aliphatic carbocycles. The first-order chi connectivity index (χ1) is 8.59. The lowest BCUT2D eigenvalue weighted by Crippen LogP contribution is -2.12. The van der Waals surface area contributed by atoms with E-state index in [1.165, 1.54) is 0 Å². The van der Waals surface area contributed by atoms with Gasteiger partial charge in [0, 0.05) is 0 Å². The zero-order chi connectivity index (χ0) is 13.1. The minimum Gasteiger partial charge on any atom is -0.454 e. The van der Waals surface area contributed by atoms with Gasteiger partial charge in [-0.15, -0.1) is 0 Å². The van der Waals surface area contributed by atoms with Gasteiger partial charge >= 0.3 is 0 Å². The molecule has 0 unspecified atom stereocenters. The Morgan fingerprint density at radius 3 is 2.50 bits per heavy atom. The van der Waals surface area contributed by atoms with E-state index < -0.39 is 5.91 Å². The Morgan fingerprint density at radius 1 is 1.11 bits per heavy atom. The molecule has 0 radical (unpaired) electrons. The highest BCUT2D eigenvalue weighted by Crippen LogP contribution is 2.32. The summed E-state index contributed by atoms with van der Waals surface area (Å²) in [6, 6.07) is 12.3. The first-order valence-electron chi connectivity index (χ1n) is 5.51. The lowest BCUT2D eigenvalue weighted by molar-refractivity contribution is 0.0998. The lowest BCUT2D eigenvalue weighted by atomic mass is 10.1. The zero-order valence-corrected chi connectivity index (χ0v) is 10.0. The molecule has 18 heavy (non-hydrogen) atoms. The van der Waals surface area contributed by atoms with Crippen molar-refractivity contribution < 1.29 is 9.53 Å². The summed E-state index contributed by atoms with van der Waals surface area (Å²) in [6.07, 6.45) is 0. The molecule has 0 bridgehead atoms. The van der Waals surface area contributed by atoms with E-state index in [0.29, 0.717) is 22.7 Å². The molecule has 0 fully saturated rings. The van der Waals surface area contributed by atoms with Crippen LogP contribution < -0.4 is 16.2 Å². The van der Waals surface area contributed by atoms with Crippen molar-refractivity contribution in [1.29, 1.82) is 0 Å². The number of carbonyl (C=O) groups is 1. The largest absolute Gasteiger partial charge is 0.454 e. The van der Waals surface area contributed by atoms with Crippen LogP contribution in [0.15, 0.2) is 42.5 Å². The number of hydrogen-bond acceptors (Lipinski definition) is 3. The molecule has 2 rings (SSSR count). The molecule has 4 heteroatoms. The number of nitrogens with two attached hydrogens (primary N) is 2. The Labute approximate surface area is 105 Å². The van der Waals surface area contributed by atoms with E-state index >= 15 is 0 Å². The fourth-order valence-corrected chi connectivity index (χ4v) is 1.68. The number of amides is 1. The molecule has 0 aliphatic heterocycles. The van der Waals surface area contributed by atoms with Crippen LogP contribution >= 0.6 is 0 Å². The summed E-state index contributed by atoms with van der Waals surface area (Å²) >= 11 is 0. The van der Waals surface area contributed by atoms with Gasteiger partial charge in [0.15, 0.2) is 5.75 Å². The van der Waals surface area contributed by atoms with Crippen molar-refractivity contribution >= 4 is 11.6 Å². The third-order valence-electron chi connectivity index (χ3n) is 2.61. The second-order valence-corrected chi connectivity index (χ2v) is 3.96. The molecule has 1 amide bonds. The topological polar surface area (TPSA) is 78.3 Å². The summed E-state index contributed by atoms with van der Waals surface area (Å²) < 4.78 is 5.71. The average Bonchev–Trinajstić information content (AvgIpc) is 2.34. The van der Waals surface area contributed by atoms with Crippen molar-refractivity contribution in [1.82, 2.24) is 0 Å². The second kappa shape index (κ2) is 4.79. The number of rotatable bonds is 3. The predicted molar refractivity (Wildman–Crippen MR) is 70.6 cm³/mol. The highest BCUT2D eigenvalue weighted by Gasteiger charge is 2.11. The fraction of sp³-hybridized carbons (Fsp3) is 0.0714. The SMILES string of the molecule is Cc1cccc(N)c1Oc1ccccc1C(N)=O. The van der Waals surface area contributed by atoms with Crippen molar-refractivity contribution in [2.24, 2.45) is 5.73 Å². The number of hydrogen-bond donors (Lipinski definition) is 2. The van der Waals surface area contributed by atoms with Crippen molar-refractivity contribution in [2.75, 3.05) is 5.73 Å². The second-order valence-electron chi connectivity index (χ2n) is 3.96. The Hall–Kier alpha value is -2.49. The summed E-state index contributed by atoms with van der Waals surface area (Å²) in [5.74, 6) is 0.426. The van der Waals surface area contributed by atoms with E-state index in [9.17, 15) is 4.79 Å². The smallest absolute Gasteiger partial charge is 0.252 e. The standard InChI is InChI=1S/C14H14N2O2/c1-9-5-4-7-11(15)13(9)18-12-8-3-2-6-10(12)14(16)17/h2-8H,15H2,1H3,(H2,16,17). The molecule has 0 saturated heterocycles. The number of carbonyl (C=O) groups excluding carboxylic acids is 1. The molecule has 2 aromatic rings. The maximum absolute atomic E-state index is 11.3. The Bertz CT molecular complexity index is 574. The highest BCUT2D eigenvalue weighted by molar-refractivity contribution is 5.95. The van der Waals surface area contributed by atoms with E-state index in [1.807, 2.05) is 19.1 Å². The molecule has 0 aromatic heterocycles. The molecule has 0 aliphatic rings. The van der Waals surface area contributed by atoms with Crippen LogP contribution in [0.3, 0.4) is 0 Å². The Morgan fingerprint density at radius 2 is 1.83 bits per heavy atom. The van der Waals surface area contributed by atoms with E-state index in [1.54, 1.807) is 30.3 Å². The maximum Gasteiger partial charge on any atom is 0.252 e. The Balaban J connectivity index is 2.43. The molecule has 0 spiro atoms. The van der Waals surface area contributed by atoms with Crippen LogP contribution in [0.25, 0.3) is 0 Å². The quantitative estimate of drug-likeness (QED) is 0.811. The van der Waals surface area contributed by atoms with Crippen molar-refractivity contribution in [3.63, 3.8) is 0 Å². The van der Waals surface area contributed by atoms with E-state index in [-0.39, 0.29) is 0 Å². The van der Waals surface area contributed by atoms with Crippen molar-refractivity contribution in [3.8, 4) is 11.5 Å². The number of anilines is 1. The number of ether oxygens (including phenoxy) is 1. The van der Waals surface area contributed by atoms with Gasteiger partial charge in [0.25, 0.3) is 5.91 Å². The third kappa shape index (κ3) is 2.27. The molecule has 0 heterocycles. The van der Waals surface area contributed by atoms with Crippen LogP contribution in [0.2, 0.25) is 0 Å². The summed E-state index contributed by atoms with van der Waals surface area (Å²) in [5.41, 5.74) is 12.9. The molecule has 4 nitrogen and oxygen atoms in total. The summed E-state index contributed by atoms with van der Waals surface area (Å²) in [7, 11) is 0. The summed E-state index contributed by atoms with van der Waals surface area (Å²) in [4.78, 5) is 11.3. The number of primary amides is 1. The molecular weight excluding hydrogens is 228 g/mol. The zero-order valence-electron chi connectivity index (χ0n) is 10.0. The van der Waals surface area contributed by atoms with E-state index in [0.717, 1.165) is 5.56 Å². The highest BCUT2D eigenvalue weighted by atomic mass is 16.5. The van der Waals surface area contributed by atoms with Crippen LogP contribution in [-0.4, -0.2) is 5.91 Å². The number of para-hydroxylation sites is 2. The van der Waals surface area contributed by atoms with Gasteiger partial charge in [-0.05, 0) is 30.7 Å². The third-order valence-corrected chi connectivity index (χ3v) is 2.61. The van der Waals surface area contributed by atoms with Crippen molar-refractivity contribution in [3.05, 3.63) is 53.6 Å². The number of nitrogen functional groups attached to an aromatic ring is 1. The van der Waals surface area contributed by atoms with Crippen LogP contribution in [0.5, 0.6) is 11.5 Å². The normalized spacial score (nSPS) is 10.1. The maximum atomic E-state index is 11.3. The van der Waals surface area contributed by atoms with Gasteiger partial charge in [-0.25, -0.2) is 0 Å². The summed E-state index contributed by atoms with van der Waals surface area (Å²) in [5, 5.41) is 0.